The van der Waals surface area contributed by atoms with Crippen molar-refractivity contribution >= 4 is 11.5 Å². The fourth-order valence-electron chi connectivity index (χ4n) is 2.03. The maximum atomic E-state index is 11.3. The first kappa shape index (κ1) is 11.3. The number of pyridine rings is 1. The van der Waals surface area contributed by atoms with Crippen LogP contribution in [0, 0.1) is 0 Å². The summed E-state index contributed by atoms with van der Waals surface area (Å²) in [5.74, 6) is -0.320. The number of carbonyl (C=O) groups is 1. The summed E-state index contributed by atoms with van der Waals surface area (Å²) in [4.78, 5) is 15.5. The third-order valence-corrected chi connectivity index (χ3v) is 2.90. The summed E-state index contributed by atoms with van der Waals surface area (Å²) in [5, 5.41) is 18.5. The summed E-state index contributed by atoms with van der Waals surface area (Å²) in [7, 11) is 0. The lowest BCUT2D eigenvalue weighted by molar-refractivity contribution is 0.0689. The molecule has 0 amide bonds. The summed E-state index contributed by atoms with van der Waals surface area (Å²) >= 11 is 0. The zero-order valence-corrected chi connectivity index (χ0v) is 9.82. The molecule has 3 aromatic rings. The van der Waals surface area contributed by atoms with Crippen LogP contribution in [0.2, 0.25) is 0 Å². The number of nitrogens with zero attached hydrogens (tertiary/aromatic N) is 2. The smallest absolute Gasteiger partial charge is 0.352 e. The second-order valence-electron chi connectivity index (χ2n) is 4.11. The maximum absolute atomic E-state index is 11.3. The summed E-state index contributed by atoms with van der Waals surface area (Å²) in [6, 6.07) is 11.5. The molecular formula is C14H10N2O3. The fraction of sp³-hybridized carbons (Fsp3) is 0. The lowest BCUT2D eigenvalue weighted by atomic mass is 10.2. The Bertz CT molecular complexity index is 760. The molecule has 5 nitrogen and oxygen atoms in total. The van der Waals surface area contributed by atoms with Gasteiger partial charge in [-0.2, -0.15) is 0 Å². The number of hydrogen-bond acceptors (Lipinski definition) is 3. The Morgan fingerprint density at radius 1 is 1.11 bits per heavy atom. The number of rotatable bonds is 2. The lowest BCUT2D eigenvalue weighted by Crippen LogP contribution is -2.05. The van der Waals surface area contributed by atoms with Crippen molar-refractivity contribution in [2.45, 2.75) is 0 Å². The van der Waals surface area contributed by atoms with E-state index >= 15 is 0 Å². The van der Waals surface area contributed by atoms with Crippen LogP contribution in [-0.4, -0.2) is 25.6 Å². The van der Waals surface area contributed by atoms with E-state index in [0.29, 0.717) is 11.3 Å². The minimum Gasteiger partial charge on any atom is -0.508 e. The van der Waals surface area contributed by atoms with Gasteiger partial charge in [0.1, 0.15) is 17.3 Å². The van der Waals surface area contributed by atoms with Crippen molar-refractivity contribution in [3.05, 3.63) is 54.4 Å². The molecule has 19 heavy (non-hydrogen) atoms. The van der Waals surface area contributed by atoms with Crippen LogP contribution >= 0.6 is 0 Å². The molecule has 0 fully saturated rings. The number of phenolic OH excluding ortho intramolecular Hbond substituents is 1. The van der Waals surface area contributed by atoms with Crippen molar-refractivity contribution in [2.24, 2.45) is 0 Å². The molecule has 0 bridgehead atoms. The van der Waals surface area contributed by atoms with Gasteiger partial charge in [-0.25, -0.2) is 9.78 Å². The third kappa shape index (κ3) is 1.81. The van der Waals surface area contributed by atoms with Gasteiger partial charge in [0, 0.05) is 5.56 Å². The third-order valence-electron chi connectivity index (χ3n) is 2.90. The Morgan fingerprint density at radius 2 is 1.84 bits per heavy atom. The van der Waals surface area contributed by atoms with E-state index in [1.807, 2.05) is 0 Å². The Hall–Kier alpha value is -2.82. The molecule has 5 heteroatoms. The van der Waals surface area contributed by atoms with Crippen molar-refractivity contribution in [1.82, 2.24) is 9.38 Å². The number of carboxylic acids is 1. The van der Waals surface area contributed by atoms with Crippen molar-refractivity contribution in [2.75, 3.05) is 0 Å². The highest BCUT2D eigenvalue weighted by Gasteiger charge is 2.13. The second kappa shape index (κ2) is 4.13. The average molecular weight is 254 g/mol. The van der Waals surface area contributed by atoms with Crippen LogP contribution in [0.15, 0.2) is 48.7 Å². The molecule has 1 aromatic carbocycles. The summed E-state index contributed by atoms with van der Waals surface area (Å²) < 4.78 is 1.58. The highest BCUT2D eigenvalue weighted by molar-refractivity contribution is 5.87. The zero-order chi connectivity index (χ0) is 13.4. The van der Waals surface area contributed by atoms with E-state index in [1.165, 1.54) is 6.07 Å². The molecular weight excluding hydrogens is 244 g/mol. The van der Waals surface area contributed by atoms with Gasteiger partial charge < -0.3 is 10.2 Å². The predicted molar refractivity (Wildman–Crippen MR) is 69.3 cm³/mol. The number of imidazole rings is 1. The molecule has 0 saturated heterocycles. The Morgan fingerprint density at radius 3 is 2.53 bits per heavy atom. The molecule has 2 N–H and O–H groups in total. The Balaban J connectivity index is 2.30. The van der Waals surface area contributed by atoms with Gasteiger partial charge in [-0.05, 0) is 36.4 Å². The predicted octanol–water partition coefficient (Wildman–Crippen LogP) is 2.41. The molecule has 0 aliphatic rings. The van der Waals surface area contributed by atoms with Gasteiger partial charge in [-0.15, -0.1) is 0 Å². The first-order valence-corrected chi connectivity index (χ1v) is 5.66. The van der Waals surface area contributed by atoms with E-state index in [4.69, 9.17) is 0 Å². The Labute approximate surface area is 108 Å². The highest BCUT2D eigenvalue weighted by atomic mass is 16.4. The number of hydrogen-bond donors (Lipinski definition) is 2. The fourth-order valence-corrected chi connectivity index (χ4v) is 2.03. The van der Waals surface area contributed by atoms with Crippen molar-refractivity contribution in [3.8, 4) is 17.1 Å². The average Bonchev–Trinajstić information content (AvgIpc) is 2.83. The molecule has 94 valence electrons. The molecule has 0 saturated carbocycles. The standard InChI is InChI=1S/C14H10N2O3/c17-11-6-4-9(5-7-11)13-15-8-10-2-1-3-12(14(18)19)16(10)13/h1-8,17H,(H,18,19). The first-order valence-electron chi connectivity index (χ1n) is 5.66. The molecule has 0 aliphatic heterocycles. The molecule has 0 radical (unpaired) electrons. The number of aromatic nitrogens is 2. The van der Waals surface area contributed by atoms with Crippen LogP contribution in [0.4, 0.5) is 0 Å². The number of carboxylic acid groups (broad SMARTS) is 1. The van der Waals surface area contributed by atoms with E-state index in [9.17, 15) is 15.0 Å². The molecule has 2 heterocycles. The van der Waals surface area contributed by atoms with Crippen molar-refractivity contribution in [3.63, 3.8) is 0 Å². The van der Waals surface area contributed by atoms with E-state index in [1.54, 1.807) is 47.0 Å². The van der Waals surface area contributed by atoms with E-state index in [0.717, 1.165) is 5.56 Å². The molecule has 0 spiro atoms. The van der Waals surface area contributed by atoms with Crippen LogP contribution in [0.5, 0.6) is 5.75 Å². The summed E-state index contributed by atoms with van der Waals surface area (Å²) in [6.45, 7) is 0. The summed E-state index contributed by atoms with van der Waals surface area (Å²) in [6.07, 6.45) is 1.62. The monoisotopic (exact) mass is 254 g/mol. The van der Waals surface area contributed by atoms with Crippen LogP contribution in [0.25, 0.3) is 16.9 Å². The SMILES string of the molecule is O=C(O)c1cccc2cnc(-c3ccc(O)cc3)n12. The van der Waals surface area contributed by atoms with Gasteiger partial charge >= 0.3 is 5.97 Å². The lowest BCUT2D eigenvalue weighted by Gasteiger charge is -2.05. The van der Waals surface area contributed by atoms with Crippen molar-refractivity contribution < 1.29 is 15.0 Å². The normalized spacial score (nSPS) is 10.7. The van der Waals surface area contributed by atoms with Gasteiger partial charge in [0.05, 0.1) is 11.7 Å². The van der Waals surface area contributed by atoms with Crippen molar-refractivity contribution in [1.29, 1.82) is 0 Å². The molecule has 0 aliphatic carbocycles. The van der Waals surface area contributed by atoms with E-state index in [-0.39, 0.29) is 11.4 Å². The molecule has 2 aromatic heterocycles. The van der Waals surface area contributed by atoms with Gasteiger partial charge in [0.25, 0.3) is 0 Å². The quantitative estimate of drug-likeness (QED) is 0.736. The molecule has 0 unspecified atom stereocenters. The minimum absolute atomic E-state index is 0.151. The maximum Gasteiger partial charge on any atom is 0.352 e. The number of benzene rings is 1. The van der Waals surface area contributed by atoms with E-state index in [2.05, 4.69) is 4.98 Å². The zero-order valence-electron chi connectivity index (χ0n) is 9.82. The topological polar surface area (TPSA) is 74.8 Å². The van der Waals surface area contributed by atoms with Gasteiger partial charge in [0.15, 0.2) is 0 Å². The summed E-state index contributed by atoms with van der Waals surface area (Å²) in [5.41, 5.74) is 1.60. The van der Waals surface area contributed by atoms with Gasteiger partial charge in [-0.3, -0.25) is 4.40 Å². The highest BCUT2D eigenvalue weighted by Crippen LogP contribution is 2.23. The largest absolute Gasteiger partial charge is 0.508 e. The Kier molecular flexibility index (Phi) is 2.45. The number of aromatic hydroxyl groups is 1. The number of aromatic carboxylic acids is 1. The van der Waals surface area contributed by atoms with Crippen LogP contribution in [-0.2, 0) is 0 Å². The van der Waals surface area contributed by atoms with Crippen LogP contribution in [0.3, 0.4) is 0 Å². The minimum atomic E-state index is -1.01. The van der Waals surface area contributed by atoms with E-state index < -0.39 is 5.97 Å². The number of phenols is 1. The first-order chi connectivity index (χ1) is 9.16. The second-order valence-corrected chi connectivity index (χ2v) is 4.11. The molecule has 0 atom stereocenters. The van der Waals surface area contributed by atoms with Crippen LogP contribution < -0.4 is 0 Å². The number of fused-ring (bicyclic) bond motifs is 1. The molecule has 3 rings (SSSR count). The van der Waals surface area contributed by atoms with Gasteiger partial charge in [-0.1, -0.05) is 6.07 Å². The van der Waals surface area contributed by atoms with Crippen LogP contribution in [0.1, 0.15) is 10.5 Å². The van der Waals surface area contributed by atoms with Gasteiger partial charge in [0.2, 0.25) is 0 Å².